The number of halogens is 2. The first-order valence-electron chi connectivity index (χ1n) is 11.3. The Morgan fingerprint density at radius 2 is 1.03 bits per heavy atom. The van der Waals surface area contributed by atoms with Crippen LogP contribution in [0.3, 0.4) is 0 Å². The molecule has 8 heteroatoms. The minimum absolute atomic E-state index is 0.723. The minimum atomic E-state index is 0.723. The highest BCUT2D eigenvalue weighted by Gasteiger charge is 2.18. The fourth-order valence-corrected chi connectivity index (χ4v) is 4.05. The summed E-state index contributed by atoms with van der Waals surface area (Å²) in [5.74, 6) is 1.45. The van der Waals surface area contributed by atoms with E-state index in [0.717, 1.165) is 74.9 Å². The van der Waals surface area contributed by atoms with E-state index >= 15 is 0 Å². The summed E-state index contributed by atoms with van der Waals surface area (Å²) in [6, 6.07) is 16.9. The molecule has 0 bridgehead atoms. The Balaban J connectivity index is 1.57. The molecule has 3 rings (SSSR count). The third kappa shape index (κ3) is 6.30. The van der Waals surface area contributed by atoms with E-state index in [1.165, 1.54) is 11.4 Å². The molecule has 2 aromatic rings. The monoisotopic (exact) mass is 474 g/mol. The molecule has 0 aromatic heterocycles. The van der Waals surface area contributed by atoms with E-state index in [1.54, 1.807) is 0 Å². The lowest BCUT2D eigenvalue weighted by Gasteiger charge is -2.37. The molecule has 0 radical (unpaired) electrons. The highest BCUT2D eigenvalue weighted by Crippen LogP contribution is 2.22. The molecule has 0 unspecified atom stereocenters. The molecular weight excluding hydrogens is 443 g/mol. The second-order valence-corrected chi connectivity index (χ2v) is 8.13. The van der Waals surface area contributed by atoms with Crippen LogP contribution >= 0.6 is 23.6 Å². The first-order valence-corrected chi connectivity index (χ1v) is 11.9. The molecule has 1 fully saturated rings. The lowest BCUT2D eigenvalue weighted by molar-refractivity contribution is 0.653. The van der Waals surface area contributed by atoms with Crippen LogP contribution in [-0.2, 0) is 0 Å². The molecule has 0 aliphatic carbocycles. The molecule has 0 spiro atoms. The summed E-state index contributed by atoms with van der Waals surface area (Å²) in [5.41, 5.74) is 4.45. The molecule has 0 atom stereocenters. The Kier molecular flexibility index (Phi) is 9.50. The van der Waals surface area contributed by atoms with Gasteiger partial charge in [0.25, 0.3) is 0 Å². The zero-order valence-electron chi connectivity index (χ0n) is 18.8. The molecule has 1 aliphatic rings. The fourth-order valence-electron chi connectivity index (χ4n) is 3.73. The highest BCUT2D eigenvalue weighted by molar-refractivity contribution is 6.22. The number of hydrogen-bond donors (Lipinski definition) is 2. The van der Waals surface area contributed by atoms with Crippen LogP contribution in [0.5, 0.6) is 0 Å². The predicted molar refractivity (Wildman–Crippen MR) is 139 cm³/mol. The van der Waals surface area contributed by atoms with Crippen LogP contribution < -0.4 is 20.4 Å². The number of piperazine rings is 1. The standard InChI is InChI=1S/C24H32Cl2N6/c1-3-13-27-23(29-25)19-5-9-21(10-6-19)31-15-17-32(18-16-31)22-11-7-20(8-12-22)24(30-26)28-14-4-2/h5-12H,3-4,13-18H2,1-2H3,(H,27,29)(H,28,30). The Hall–Kier alpha value is -2.44. The Bertz CT molecular complexity index is 812. The van der Waals surface area contributed by atoms with Gasteiger partial charge in [0.2, 0.25) is 0 Å². The van der Waals surface area contributed by atoms with E-state index in [1.807, 2.05) is 0 Å². The topological polar surface area (TPSA) is 55.3 Å². The van der Waals surface area contributed by atoms with Crippen LogP contribution in [0.25, 0.3) is 0 Å². The third-order valence-electron chi connectivity index (χ3n) is 5.55. The molecule has 1 aliphatic heterocycles. The van der Waals surface area contributed by atoms with E-state index in [0.29, 0.717) is 0 Å². The summed E-state index contributed by atoms with van der Waals surface area (Å²) < 4.78 is 7.71. The molecule has 0 amide bonds. The van der Waals surface area contributed by atoms with Crippen molar-refractivity contribution in [2.45, 2.75) is 26.7 Å². The van der Waals surface area contributed by atoms with Crippen molar-refractivity contribution in [2.24, 2.45) is 9.02 Å². The maximum atomic E-state index is 5.75. The molecule has 1 saturated heterocycles. The van der Waals surface area contributed by atoms with Crippen LogP contribution in [0.1, 0.15) is 37.8 Å². The summed E-state index contributed by atoms with van der Waals surface area (Å²) in [6.07, 6.45) is 2.05. The number of anilines is 2. The van der Waals surface area contributed by atoms with Crippen molar-refractivity contribution in [2.75, 3.05) is 49.1 Å². The van der Waals surface area contributed by atoms with Crippen molar-refractivity contribution in [3.05, 3.63) is 59.7 Å². The van der Waals surface area contributed by atoms with Gasteiger partial charge in [0.15, 0.2) is 0 Å². The lowest BCUT2D eigenvalue weighted by Crippen LogP contribution is -2.46. The van der Waals surface area contributed by atoms with Crippen molar-refractivity contribution >= 4 is 46.6 Å². The number of amidine groups is 2. The van der Waals surface area contributed by atoms with E-state index in [9.17, 15) is 0 Å². The second kappa shape index (κ2) is 12.6. The van der Waals surface area contributed by atoms with Gasteiger partial charge in [-0.05, 0) is 61.4 Å². The zero-order chi connectivity index (χ0) is 22.8. The van der Waals surface area contributed by atoms with Crippen LogP contribution in [0.2, 0.25) is 0 Å². The largest absolute Gasteiger partial charge is 0.369 e. The molecular formula is C24H32Cl2N6. The third-order valence-corrected chi connectivity index (χ3v) is 5.88. The summed E-state index contributed by atoms with van der Waals surface area (Å²) in [7, 11) is 0. The summed E-state index contributed by atoms with van der Waals surface area (Å²) >= 11 is 11.5. The van der Waals surface area contributed by atoms with Gasteiger partial charge in [-0.15, -0.1) is 0 Å². The first kappa shape index (κ1) is 24.2. The number of hydrogen-bond acceptors (Lipinski definition) is 4. The van der Waals surface area contributed by atoms with Gasteiger partial charge in [-0.1, -0.05) is 13.8 Å². The molecule has 2 aromatic carbocycles. The van der Waals surface area contributed by atoms with Crippen molar-refractivity contribution in [1.29, 1.82) is 0 Å². The van der Waals surface area contributed by atoms with Crippen molar-refractivity contribution < 1.29 is 0 Å². The SMILES string of the molecule is CCCN/C(=N/Cl)c1ccc(N2CCN(c3ccc(/C(=N\Cl)NCCC)cc3)CC2)cc1. The molecule has 6 nitrogen and oxygen atoms in total. The summed E-state index contributed by atoms with van der Waals surface area (Å²) in [4.78, 5) is 4.83. The number of nitrogens with zero attached hydrogens (tertiary/aromatic N) is 4. The van der Waals surface area contributed by atoms with Gasteiger partial charge in [0.1, 0.15) is 11.7 Å². The highest BCUT2D eigenvalue weighted by atomic mass is 35.5. The number of nitrogens with one attached hydrogen (secondary N) is 2. The quantitative estimate of drug-likeness (QED) is 0.425. The molecule has 1 heterocycles. The van der Waals surface area contributed by atoms with Crippen molar-refractivity contribution in [1.82, 2.24) is 10.6 Å². The Morgan fingerprint density at radius 3 is 1.31 bits per heavy atom. The second-order valence-electron chi connectivity index (χ2n) is 7.79. The molecule has 32 heavy (non-hydrogen) atoms. The average Bonchev–Trinajstić information content (AvgIpc) is 2.86. The van der Waals surface area contributed by atoms with E-state index in [4.69, 9.17) is 23.6 Å². The maximum absolute atomic E-state index is 5.75. The number of rotatable bonds is 8. The van der Waals surface area contributed by atoms with E-state index in [-0.39, 0.29) is 0 Å². The molecule has 172 valence electrons. The van der Waals surface area contributed by atoms with Gasteiger partial charge in [-0.2, -0.15) is 9.02 Å². The van der Waals surface area contributed by atoms with Crippen molar-refractivity contribution in [3.63, 3.8) is 0 Å². The van der Waals surface area contributed by atoms with Gasteiger partial charge in [-0.25, -0.2) is 0 Å². The van der Waals surface area contributed by atoms with Gasteiger partial charge < -0.3 is 20.4 Å². The maximum Gasteiger partial charge on any atom is 0.147 e. The normalized spacial score (nSPS) is 15.1. The smallest absolute Gasteiger partial charge is 0.147 e. The van der Waals surface area contributed by atoms with Gasteiger partial charge in [0.05, 0.1) is 0 Å². The van der Waals surface area contributed by atoms with Crippen molar-refractivity contribution in [3.8, 4) is 0 Å². The average molecular weight is 475 g/mol. The van der Waals surface area contributed by atoms with Gasteiger partial charge >= 0.3 is 0 Å². The van der Waals surface area contributed by atoms with Crippen LogP contribution in [0, 0.1) is 0 Å². The van der Waals surface area contributed by atoms with Crippen LogP contribution in [0.15, 0.2) is 57.6 Å². The van der Waals surface area contributed by atoms with Crippen LogP contribution in [0.4, 0.5) is 11.4 Å². The van der Waals surface area contributed by atoms with Gasteiger partial charge in [-0.3, -0.25) is 0 Å². The number of benzene rings is 2. The first-order chi connectivity index (χ1) is 15.7. The Morgan fingerprint density at radius 1 is 0.688 bits per heavy atom. The zero-order valence-corrected chi connectivity index (χ0v) is 20.3. The van der Waals surface area contributed by atoms with Gasteiger partial charge in [0, 0.05) is 85.3 Å². The Labute approximate surface area is 201 Å². The van der Waals surface area contributed by atoms with E-state index < -0.39 is 0 Å². The summed E-state index contributed by atoms with van der Waals surface area (Å²) in [5, 5.41) is 6.52. The molecule has 0 saturated carbocycles. The molecule has 2 N–H and O–H groups in total. The summed E-state index contributed by atoms with van der Waals surface area (Å²) in [6.45, 7) is 9.82. The lowest BCUT2D eigenvalue weighted by atomic mass is 10.1. The van der Waals surface area contributed by atoms with E-state index in [2.05, 4.69) is 91.8 Å². The van der Waals surface area contributed by atoms with Crippen LogP contribution in [-0.4, -0.2) is 50.9 Å². The predicted octanol–water partition coefficient (Wildman–Crippen LogP) is 4.81. The fraction of sp³-hybridized carbons (Fsp3) is 0.417. The minimum Gasteiger partial charge on any atom is -0.369 e.